The summed E-state index contributed by atoms with van der Waals surface area (Å²) in [4.78, 5) is 3.75. The van der Waals surface area contributed by atoms with Crippen molar-refractivity contribution in [3.63, 3.8) is 0 Å². The van der Waals surface area contributed by atoms with E-state index in [0.717, 1.165) is 4.47 Å². The van der Waals surface area contributed by atoms with E-state index in [1.165, 1.54) is 0 Å². The first-order valence-electron chi connectivity index (χ1n) is 3.69. The van der Waals surface area contributed by atoms with E-state index < -0.39 is 0 Å². The van der Waals surface area contributed by atoms with Crippen LogP contribution in [-0.4, -0.2) is 10.9 Å². The van der Waals surface area contributed by atoms with E-state index in [1.54, 1.807) is 12.1 Å². The summed E-state index contributed by atoms with van der Waals surface area (Å²) in [6, 6.07) is 5.29. The van der Waals surface area contributed by atoms with E-state index in [0.29, 0.717) is 11.3 Å². The zero-order valence-corrected chi connectivity index (χ0v) is 9.60. The number of anilines is 1. The Morgan fingerprint density at radius 2 is 2.00 bits per heavy atom. The molecular weight excluding hydrogens is 264 g/mol. The van der Waals surface area contributed by atoms with Crippen LogP contribution in [0.2, 0.25) is 0 Å². The highest BCUT2D eigenvalue weighted by Gasteiger charge is 2.04. The number of hydrogen-bond acceptors (Lipinski definition) is 2. The number of rotatable bonds is 1. The number of nitrogens with two attached hydrogens (primary N) is 3. The number of aliphatic imine (C=N–C) groups is 1. The molecule has 0 aliphatic carbocycles. The third-order valence-electron chi connectivity index (χ3n) is 1.52. The molecule has 0 saturated carbocycles. The molecule has 0 aromatic heterocycles. The van der Waals surface area contributed by atoms with Gasteiger partial charge in [0.2, 0.25) is 0 Å². The highest BCUT2D eigenvalue weighted by Crippen LogP contribution is 2.17. The van der Waals surface area contributed by atoms with Gasteiger partial charge in [0.15, 0.2) is 5.11 Å². The Balaban J connectivity index is 3.18. The number of nitrogens with zero attached hydrogens (tertiary/aromatic N) is 1. The molecule has 1 aromatic carbocycles. The molecule has 0 spiro atoms. The first kappa shape index (κ1) is 10.9. The van der Waals surface area contributed by atoms with Gasteiger partial charge in [-0.25, -0.2) is 4.99 Å². The summed E-state index contributed by atoms with van der Waals surface area (Å²) in [6.07, 6.45) is 0. The molecular formula is C8H9BrN4S. The molecule has 1 rings (SSSR count). The second-order valence-corrected chi connectivity index (χ2v) is 3.90. The fourth-order valence-electron chi connectivity index (χ4n) is 0.929. The summed E-state index contributed by atoms with van der Waals surface area (Å²) in [5.41, 5.74) is 17.7. The molecule has 0 fully saturated rings. The summed E-state index contributed by atoms with van der Waals surface area (Å²) >= 11 is 7.91. The predicted molar refractivity (Wildman–Crippen MR) is 66.1 cm³/mol. The quantitative estimate of drug-likeness (QED) is 0.308. The Bertz CT molecular complexity index is 402. The summed E-state index contributed by atoms with van der Waals surface area (Å²) in [7, 11) is 0. The average molecular weight is 273 g/mol. The fraction of sp³-hybridized carbons (Fsp3) is 0. The Kier molecular flexibility index (Phi) is 3.43. The van der Waals surface area contributed by atoms with Crippen LogP contribution in [0.1, 0.15) is 5.56 Å². The van der Waals surface area contributed by atoms with Gasteiger partial charge in [-0.15, -0.1) is 0 Å². The lowest BCUT2D eigenvalue weighted by molar-refractivity contribution is 1.49. The molecule has 1 aromatic rings. The summed E-state index contributed by atoms with van der Waals surface area (Å²) < 4.78 is 0.864. The molecule has 4 nitrogen and oxygen atoms in total. The highest BCUT2D eigenvalue weighted by molar-refractivity contribution is 9.10. The van der Waals surface area contributed by atoms with E-state index >= 15 is 0 Å². The largest absolute Gasteiger partial charge is 0.398 e. The Morgan fingerprint density at radius 3 is 2.57 bits per heavy atom. The van der Waals surface area contributed by atoms with Gasteiger partial charge in [-0.3, -0.25) is 0 Å². The van der Waals surface area contributed by atoms with Crippen LogP contribution in [0.25, 0.3) is 0 Å². The number of benzene rings is 1. The van der Waals surface area contributed by atoms with Crippen LogP contribution in [0.15, 0.2) is 27.7 Å². The third-order valence-corrected chi connectivity index (χ3v) is 2.11. The SMILES string of the molecule is NC(=S)/N=C(\N)c1cc(Br)ccc1N. The lowest BCUT2D eigenvalue weighted by atomic mass is 10.1. The molecule has 0 atom stereocenters. The van der Waals surface area contributed by atoms with Crippen molar-refractivity contribution in [2.45, 2.75) is 0 Å². The van der Waals surface area contributed by atoms with E-state index in [1.807, 2.05) is 6.07 Å². The highest BCUT2D eigenvalue weighted by atomic mass is 79.9. The minimum Gasteiger partial charge on any atom is -0.398 e. The minimum absolute atomic E-state index is 0.0122. The smallest absolute Gasteiger partial charge is 0.192 e. The number of thiocarbonyl (C=S) groups is 1. The van der Waals surface area contributed by atoms with Gasteiger partial charge in [0.05, 0.1) is 0 Å². The first-order chi connectivity index (χ1) is 6.50. The van der Waals surface area contributed by atoms with Crippen LogP contribution in [0.3, 0.4) is 0 Å². The van der Waals surface area contributed by atoms with Crippen LogP contribution in [0.5, 0.6) is 0 Å². The normalized spacial score (nSPS) is 11.4. The molecule has 0 aliphatic heterocycles. The van der Waals surface area contributed by atoms with Gasteiger partial charge in [0.1, 0.15) is 5.84 Å². The molecule has 0 unspecified atom stereocenters. The van der Waals surface area contributed by atoms with Crippen molar-refractivity contribution in [2.75, 3.05) is 5.73 Å². The second-order valence-electron chi connectivity index (χ2n) is 2.57. The molecule has 0 aliphatic rings. The molecule has 0 saturated heterocycles. The average Bonchev–Trinajstić information content (AvgIpc) is 2.08. The number of hydrogen-bond donors (Lipinski definition) is 3. The van der Waals surface area contributed by atoms with Gasteiger partial charge in [0.25, 0.3) is 0 Å². The number of amidine groups is 1. The van der Waals surface area contributed by atoms with Gasteiger partial charge < -0.3 is 17.2 Å². The van der Waals surface area contributed by atoms with Crippen molar-refractivity contribution in [3.05, 3.63) is 28.2 Å². The van der Waals surface area contributed by atoms with Crippen molar-refractivity contribution >= 4 is 44.8 Å². The van der Waals surface area contributed by atoms with Crippen LogP contribution < -0.4 is 17.2 Å². The van der Waals surface area contributed by atoms with Crippen molar-refractivity contribution in [3.8, 4) is 0 Å². The first-order valence-corrected chi connectivity index (χ1v) is 4.90. The van der Waals surface area contributed by atoms with Crippen molar-refractivity contribution < 1.29 is 0 Å². The van der Waals surface area contributed by atoms with E-state index in [2.05, 4.69) is 33.1 Å². The molecule has 6 N–H and O–H groups in total. The summed E-state index contributed by atoms with van der Waals surface area (Å²) in [5, 5.41) is -0.0122. The van der Waals surface area contributed by atoms with Crippen LogP contribution in [0, 0.1) is 0 Å². The molecule has 14 heavy (non-hydrogen) atoms. The van der Waals surface area contributed by atoms with Crippen LogP contribution in [-0.2, 0) is 0 Å². The molecule has 0 amide bonds. The fourth-order valence-corrected chi connectivity index (χ4v) is 1.39. The Labute approximate surface area is 95.3 Å². The van der Waals surface area contributed by atoms with Crippen LogP contribution >= 0.6 is 28.1 Å². The minimum atomic E-state index is -0.0122. The number of halogens is 1. The van der Waals surface area contributed by atoms with Gasteiger partial charge in [-0.2, -0.15) is 0 Å². The molecule has 6 heteroatoms. The monoisotopic (exact) mass is 272 g/mol. The second kappa shape index (κ2) is 4.39. The van der Waals surface area contributed by atoms with Crippen LogP contribution in [0.4, 0.5) is 5.69 Å². The lowest BCUT2D eigenvalue weighted by Crippen LogP contribution is -2.19. The third kappa shape index (κ3) is 2.68. The topological polar surface area (TPSA) is 90.4 Å². The zero-order valence-electron chi connectivity index (χ0n) is 7.20. The van der Waals surface area contributed by atoms with Crippen molar-refractivity contribution in [1.82, 2.24) is 0 Å². The van der Waals surface area contributed by atoms with Gasteiger partial charge in [-0.1, -0.05) is 15.9 Å². The standard InChI is InChI=1S/C8H9BrN4S/c9-4-1-2-6(10)5(3-4)7(11)13-8(12)14/h1-3H,10H2,(H4,11,12,13,14). The molecule has 0 heterocycles. The summed E-state index contributed by atoms with van der Waals surface area (Å²) in [6.45, 7) is 0. The molecule has 0 bridgehead atoms. The Morgan fingerprint density at radius 1 is 1.36 bits per heavy atom. The van der Waals surface area contributed by atoms with E-state index in [4.69, 9.17) is 17.2 Å². The Hall–Kier alpha value is -1.14. The maximum absolute atomic E-state index is 5.70. The van der Waals surface area contributed by atoms with E-state index in [9.17, 15) is 0 Å². The number of nitrogen functional groups attached to an aromatic ring is 1. The lowest BCUT2D eigenvalue weighted by Gasteiger charge is -2.04. The van der Waals surface area contributed by atoms with Gasteiger partial charge in [0, 0.05) is 15.7 Å². The predicted octanol–water partition coefficient (Wildman–Crippen LogP) is 0.980. The summed E-state index contributed by atoms with van der Waals surface area (Å²) in [5.74, 6) is 0.219. The van der Waals surface area contributed by atoms with E-state index in [-0.39, 0.29) is 10.9 Å². The molecule has 0 radical (unpaired) electrons. The van der Waals surface area contributed by atoms with Gasteiger partial charge in [-0.05, 0) is 30.4 Å². The molecule has 74 valence electrons. The van der Waals surface area contributed by atoms with Crippen molar-refractivity contribution in [1.29, 1.82) is 0 Å². The van der Waals surface area contributed by atoms with Gasteiger partial charge >= 0.3 is 0 Å². The maximum Gasteiger partial charge on any atom is 0.192 e. The maximum atomic E-state index is 5.70. The zero-order chi connectivity index (χ0) is 10.7. The van der Waals surface area contributed by atoms with Crippen molar-refractivity contribution in [2.24, 2.45) is 16.5 Å².